The number of carbonyl (C=O) groups is 1. The van der Waals surface area contributed by atoms with Crippen molar-refractivity contribution in [1.29, 1.82) is 0 Å². The smallest absolute Gasteiger partial charge is 0.330 e. The lowest BCUT2D eigenvalue weighted by molar-refractivity contribution is -0.194. The average Bonchev–Trinajstić information content (AvgIpc) is 2.88. The molecule has 198 valence electrons. The van der Waals surface area contributed by atoms with Gasteiger partial charge < -0.3 is 9.64 Å². The van der Waals surface area contributed by atoms with E-state index in [1.807, 2.05) is 55.6 Å². The van der Waals surface area contributed by atoms with Crippen LogP contribution in [-0.4, -0.2) is 62.7 Å². The van der Waals surface area contributed by atoms with E-state index in [4.69, 9.17) is 27.9 Å². The molecule has 1 amide bonds. The van der Waals surface area contributed by atoms with Crippen molar-refractivity contribution in [2.75, 3.05) is 40.9 Å². The van der Waals surface area contributed by atoms with Crippen LogP contribution in [0.3, 0.4) is 0 Å². The molecule has 0 heterocycles. The van der Waals surface area contributed by atoms with Gasteiger partial charge in [-0.1, -0.05) is 59.6 Å². The van der Waals surface area contributed by atoms with E-state index in [9.17, 15) is 13.6 Å². The van der Waals surface area contributed by atoms with Gasteiger partial charge in [-0.15, -0.1) is 0 Å². The van der Waals surface area contributed by atoms with E-state index in [2.05, 4.69) is 9.74 Å². The molecule has 0 fully saturated rings. The summed E-state index contributed by atoms with van der Waals surface area (Å²) in [6.45, 7) is 1.80. The lowest BCUT2D eigenvalue weighted by atomic mass is 9.91. The van der Waals surface area contributed by atoms with Gasteiger partial charge in [-0.3, -0.25) is 9.63 Å². The Kier molecular flexibility index (Phi) is 10.3. The quantitative estimate of drug-likeness (QED) is 0.247. The maximum atomic E-state index is 14.2. The zero-order valence-electron chi connectivity index (χ0n) is 21.0. The number of likely N-dealkylation sites (N-methyl/N-ethyl adjacent to an activating group) is 1. The van der Waals surface area contributed by atoms with Crippen molar-refractivity contribution in [3.05, 3.63) is 99.5 Å². The van der Waals surface area contributed by atoms with Gasteiger partial charge in [0.15, 0.2) is 0 Å². The SMILES string of the molecule is CON(C)C(=O)C(F)(F)Cc1ccc(OCCN(C)CC(c2ccc(Cl)cc2)c2ccc(Cl)cc2)cc1. The van der Waals surface area contributed by atoms with Gasteiger partial charge in [0.2, 0.25) is 0 Å². The number of hydroxylamine groups is 2. The standard InChI is InChI=1S/C28H30Cl2F2N2O3/c1-33(19-26(21-6-10-23(29)11-7-21)22-8-12-24(30)13-9-22)16-17-37-25-14-4-20(5-15-25)18-28(31,32)27(35)34(2)36-3/h4-15,26H,16-19H2,1-3H3. The molecule has 0 saturated carbocycles. The first-order valence-electron chi connectivity index (χ1n) is 11.7. The van der Waals surface area contributed by atoms with Crippen molar-refractivity contribution < 1.29 is 23.1 Å². The molecule has 0 aliphatic heterocycles. The van der Waals surface area contributed by atoms with Crippen LogP contribution in [0.1, 0.15) is 22.6 Å². The van der Waals surface area contributed by atoms with E-state index in [0.717, 1.165) is 31.8 Å². The molecule has 3 rings (SSSR count). The first kappa shape index (κ1) is 28.9. The molecule has 0 atom stereocenters. The van der Waals surface area contributed by atoms with Crippen molar-refractivity contribution >= 4 is 29.1 Å². The highest BCUT2D eigenvalue weighted by molar-refractivity contribution is 6.30. The van der Waals surface area contributed by atoms with Gasteiger partial charge in [0.05, 0.1) is 7.11 Å². The summed E-state index contributed by atoms with van der Waals surface area (Å²) in [5.41, 5.74) is 2.60. The molecule has 0 bridgehead atoms. The third-order valence-electron chi connectivity index (χ3n) is 6.00. The van der Waals surface area contributed by atoms with Gasteiger partial charge in [0.25, 0.3) is 0 Å². The molecule has 0 spiro atoms. The van der Waals surface area contributed by atoms with E-state index >= 15 is 0 Å². The predicted octanol–water partition coefficient (Wildman–Crippen LogP) is 6.33. The molecule has 5 nitrogen and oxygen atoms in total. The minimum atomic E-state index is -3.57. The fourth-order valence-corrected chi connectivity index (χ4v) is 4.12. The molecule has 37 heavy (non-hydrogen) atoms. The van der Waals surface area contributed by atoms with Crippen LogP contribution < -0.4 is 4.74 Å². The van der Waals surface area contributed by atoms with Crippen LogP contribution in [0.2, 0.25) is 10.0 Å². The van der Waals surface area contributed by atoms with Gasteiger partial charge in [-0.05, 0) is 60.1 Å². The fraction of sp³-hybridized carbons (Fsp3) is 0.321. The Morgan fingerprint density at radius 3 is 1.89 bits per heavy atom. The first-order valence-corrected chi connectivity index (χ1v) is 12.5. The normalized spacial score (nSPS) is 11.7. The molecule has 0 radical (unpaired) electrons. The summed E-state index contributed by atoms with van der Waals surface area (Å²) in [6, 6.07) is 21.9. The van der Waals surface area contributed by atoms with Crippen LogP contribution in [0.25, 0.3) is 0 Å². The zero-order valence-corrected chi connectivity index (χ0v) is 22.5. The van der Waals surface area contributed by atoms with E-state index in [1.54, 1.807) is 12.1 Å². The third-order valence-corrected chi connectivity index (χ3v) is 6.51. The van der Waals surface area contributed by atoms with Crippen molar-refractivity contribution in [2.45, 2.75) is 18.3 Å². The summed E-state index contributed by atoms with van der Waals surface area (Å²) < 4.78 is 34.2. The maximum Gasteiger partial charge on any atom is 0.330 e. The Morgan fingerprint density at radius 1 is 0.892 bits per heavy atom. The van der Waals surface area contributed by atoms with Gasteiger partial charge >= 0.3 is 11.8 Å². The highest BCUT2D eigenvalue weighted by Crippen LogP contribution is 2.28. The number of benzene rings is 3. The summed E-state index contributed by atoms with van der Waals surface area (Å²) in [7, 11) is 4.33. The number of halogens is 4. The van der Waals surface area contributed by atoms with Crippen molar-refractivity contribution in [3.63, 3.8) is 0 Å². The topological polar surface area (TPSA) is 42.0 Å². The minimum absolute atomic E-state index is 0.111. The number of nitrogens with zero attached hydrogens (tertiary/aromatic N) is 2. The number of hydrogen-bond acceptors (Lipinski definition) is 4. The number of carbonyl (C=O) groups excluding carboxylic acids is 1. The predicted molar refractivity (Wildman–Crippen MR) is 143 cm³/mol. The minimum Gasteiger partial charge on any atom is -0.492 e. The van der Waals surface area contributed by atoms with Crippen LogP contribution >= 0.6 is 23.2 Å². The van der Waals surface area contributed by atoms with Gasteiger partial charge in [0, 0.05) is 42.5 Å². The molecule has 0 aromatic heterocycles. The van der Waals surface area contributed by atoms with Gasteiger partial charge in [0.1, 0.15) is 12.4 Å². The highest BCUT2D eigenvalue weighted by atomic mass is 35.5. The molecule has 0 saturated heterocycles. The van der Waals surface area contributed by atoms with Crippen molar-refractivity contribution in [1.82, 2.24) is 9.96 Å². The Bertz CT molecular complexity index is 1100. The number of ether oxygens (including phenoxy) is 1. The second-order valence-corrected chi connectivity index (χ2v) is 9.65. The fourth-order valence-electron chi connectivity index (χ4n) is 3.86. The van der Waals surface area contributed by atoms with Crippen molar-refractivity contribution in [3.8, 4) is 5.75 Å². The largest absolute Gasteiger partial charge is 0.492 e. The second-order valence-electron chi connectivity index (χ2n) is 8.78. The van der Waals surface area contributed by atoms with Crippen LogP contribution in [-0.2, 0) is 16.1 Å². The highest BCUT2D eigenvalue weighted by Gasteiger charge is 2.41. The summed E-state index contributed by atoms with van der Waals surface area (Å²) >= 11 is 12.2. The number of alkyl halides is 2. The van der Waals surface area contributed by atoms with Gasteiger partial charge in [-0.25, -0.2) is 5.06 Å². The number of rotatable bonds is 12. The monoisotopic (exact) mass is 550 g/mol. The van der Waals surface area contributed by atoms with E-state index in [0.29, 0.717) is 39.6 Å². The van der Waals surface area contributed by atoms with Crippen LogP contribution in [0, 0.1) is 0 Å². The molecule has 0 N–H and O–H groups in total. The Balaban J connectivity index is 1.56. The van der Waals surface area contributed by atoms with Gasteiger partial charge in [-0.2, -0.15) is 8.78 Å². The molecule has 3 aromatic rings. The Labute approximate surface area is 226 Å². The van der Waals surface area contributed by atoms with E-state index < -0.39 is 18.3 Å². The summed E-state index contributed by atoms with van der Waals surface area (Å²) in [5, 5.41) is 1.89. The average molecular weight is 551 g/mol. The van der Waals surface area contributed by atoms with Crippen molar-refractivity contribution in [2.24, 2.45) is 0 Å². The Hall–Kier alpha value is -2.71. The molecule has 3 aromatic carbocycles. The summed E-state index contributed by atoms with van der Waals surface area (Å²) in [4.78, 5) is 18.5. The van der Waals surface area contributed by atoms with Crippen LogP contribution in [0.4, 0.5) is 8.78 Å². The Morgan fingerprint density at radius 2 is 1.41 bits per heavy atom. The molecular weight excluding hydrogens is 521 g/mol. The summed E-state index contributed by atoms with van der Waals surface area (Å²) in [5.74, 6) is -4.29. The third kappa shape index (κ3) is 8.40. The van der Waals surface area contributed by atoms with Crippen LogP contribution in [0.5, 0.6) is 5.75 Å². The van der Waals surface area contributed by atoms with E-state index in [1.165, 1.54) is 12.1 Å². The molecule has 0 aliphatic carbocycles. The lowest BCUT2D eigenvalue weighted by Gasteiger charge is -2.25. The second kappa shape index (κ2) is 13.2. The lowest BCUT2D eigenvalue weighted by Crippen LogP contribution is -2.42. The number of hydrogen-bond donors (Lipinski definition) is 0. The number of amides is 1. The molecule has 0 unspecified atom stereocenters. The van der Waals surface area contributed by atoms with E-state index in [-0.39, 0.29) is 5.92 Å². The maximum absolute atomic E-state index is 14.2. The molecular formula is C28H30Cl2F2N2O3. The summed E-state index contributed by atoms with van der Waals surface area (Å²) in [6.07, 6.45) is -0.723. The van der Waals surface area contributed by atoms with Crippen LogP contribution in [0.15, 0.2) is 72.8 Å². The molecule has 9 heteroatoms. The molecule has 0 aliphatic rings. The zero-order chi connectivity index (χ0) is 27.0. The first-order chi connectivity index (χ1) is 17.6.